The van der Waals surface area contributed by atoms with E-state index in [9.17, 15) is 14.5 Å². The highest BCUT2D eigenvalue weighted by molar-refractivity contribution is 8.25. The van der Waals surface area contributed by atoms with Crippen LogP contribution in [0.3, 0.4) is 0 Å². The summed E-state index contributed by atoms with van der Waals surface area (Å²) in [6.07, 6.45) is 0.746. The van der Waals surface area contributed by atoms with Crippen LogP contribution in [0.15, 0.2) is 29.2 Å². The quantitative estimate of drug-likeness (QED) is 0.840. The average molecular weight is 310 g/mol. The molecule has 0 aliphatic heterocycles. The van der Waals surface area contributed by atoms with Gasteiger partial charge >= 0.3 is 0 Å². The second-order valence-electron chi connectivity index (χ2n) is 5.85. The summed E-state index contributed by atoms with van der Waals surface area (Å²) < 4.78 is 10.4. The smallest absolute Gasteiger partial charge is 0.230 e. The Bertz CT molecular complexity index is 632. The summed E-state index contributed by atoms with van der Waals surface area (Å²) in [5.41, 5.74) is 0.837. The van der Waals surface area contributed by atoms with Crippen molar-refractivity contribution in [2.75, 3.05) is 5.32 Å². The molecule has 0 fully saturated rings. The van der Waals surface area contributed by atoms with Gasteiger partial charge in [0.1, 0.15) is 0 Å². The van der Waals surface area contributed by atoms with Crippen LogP contribution in [0.4, 0.5) is 5.69 Å². The predicted octanol–water partition coefficient (Wildman–Crippen LogP) is 3.03. The number of amides is 1. The van der Waals surface area contributed by atoms with Crippen LogP contribution >= 0.6 is 9.49 Å². The van der Waals surface area contributed by atoms with Crippen LogP contribution in [0, 0.1) is 5.41 Å². The van der Waals surface area contributed by atoms with Gasteiger partial charge in [-0.25, -0.2) is 0 Å². The standard InChI is InChI=1S/C16H25NO3S/c1-6-16(4,5)15(19)17-13-7-9-14(10-8-13)21(20,11-18)12(2)3/h7-11,18,20H,6H2,1-5H3,(H,17,19)/p-1. The third kappa shape index (κ3) is 3.87. The molecule has 1 atom stereocenters. The minimum atomic E-state index is -2.53. The van der Waals surface area contributed by atoms with E-state index in [1.807, 2.05) is 20.8 Å². The van der Waals surface area contributed by atoms with Gasteiger partial charge in [0.2, 0.25) is 5.91 Å². The summed E-state index contributed by atoms with van der Waals surface area (Å²) in [6.45, 7) is 9.23. The molecule has 118 valence electrons. The van der Waals surface area contributed by atoms with Gasteiger partial charge < -0.3 is 15.0 Å². The first-order valence-electron chi connectivity index (χ1n) is 6.90. The SMILES string of the molecule is CCC(C)(C)C(=O)Nc1ccc(S(O)(=C[O-])=C(C)C)cc1. The number of benzene rings is 1. The van der Waals surface area contributed by atoms with Gasteiger partial charge in [-0.2, -0.15) is 0 Å². The number of rotatable bonds is 4. The van der Waals surface area contributed by atoms with Crippen molar-refractivity contribution < 1.29 is 14.5 Å². The molecule has 0 heterocycles. The van der Waals surface area contributed by atoms with Gasteiger partial charge in [-0.15, -0.1) is 5.55 Å². The van der Waals surface area contributed by atoms with Crippen LogP contribution in [-0.4, -0.2) is 20.9 Å². The van der Waals surface area contributed by atoms with Crippen LogP contribution in [-0.2, 0) is 4.79 Å². The average Bonchev–Trinajstić information content (AvgIpc) is 2.46. The maximum Gasteiger partial charge on any atom is 0.230 e. The van der Waals surface area contributed by atoms with Gasteiger partial charge in [-0.3, -0.25) is 4.79 Å². The fraction of sp³-hybridized carbons (Fsp3) is 0.438. The number of nitrogens with one attached hydrogen (secondary N) is 1. The van der Waals surface area contributed by atoms with Crippen LogP contribution in [0.5, 0.6) is 0 Å². The number of carbonyl (C=O) groups excluding carboxylic acids is 1. The zero-order valence-electron chi connectivity index (χ0n) is 13.3. The van der Waals surface area contributed by atoms with Crippen molar-refractivity contribution in [2.45, 2.75) is 45.9 Å². The molecule has 1 rings (SSSR count). The number of hydrogen-bond donors (Lipinski definition) is 2. The van der Waals surface area contributed by atoms with E-state index in [4.69, 9.17) is 0 Å². The lowest BCUT2D eigenvalue weighted by molar-refractivity contribution is -0.195. The van der Waals surface area contributed by atoms with Crippen molar-refractivity contribution in [1.29, 1.82) is 0 Å². The van der Waals surface area contributed by atoms with Gasteiger partial charge in [-0.05, 0) is 49.4 Å². The van der Waals surface area contributed by atoms with Crippen molar-refractivity contribution >= 4 is 31.5 Å². The Balaban J connectivity index is 3.06. The fourth-order valence-corrected chi connectivity index (χ4v) is 2.92. The van der Waals surface area contributed by atoms with E-state index < -0.39 is 14.9 Å². The third-order valence-corrected chi connectivity index (χ3v) is 6.25. The van der Waals surface area contributed by atoms with Crippen molar-refractivity contribution in [3.63, 3.8) is 0 Å². The number of anilines is 1. The van der Waals surface area contributed by atoms with Gasteiger partial charge in [-0.1, -0.05) is 30.3 Å². The second-order valence-corrected chi connectivity index (χ2v) is 8.58. The fourth-order valence-electron chi connectivity index (χ4n) is 1.59. The molecule has 0 aliphatic carbocycles. The molecule has 4 nitrogen and oxygen atoms in total. The lowest BCUT2D eigenvalue weighted by Crippen LogP contribution is -2.29. The van der Waals surface area contributed by atoms with Gasteiger partial charge in [0.25, 0.3) is 0 Å². The van der Waals surface area contributed by atoms with E-state index in [0.717, 1.165) is 6.42 Å². The lowest BCUT2D eigenvalue weighted by Gasteiger charge is -2.22. The molecule has 5 heteroatoms. The summed E-state index contributed by atoms with van der Waals surface area (Å²) in [6, 6.07) is 6.79. The van der Waals surface area contributed by atoms with E-state index in [0.29, 0.717) is 21.0 Å². The topological polar surface area (TPSA) is 72.4 Å². The summed E-state index contributed by atoms with van der Waals surface area (Å²) in [5, 5.41) is 14.1. The molecule has 0 aliphatic rings. The molecule has 1 amide bonds. The lowest BCUT2D eigenvalue weighted by atomic mass is 9.89. The Morgan fingerprint density at radius 1 is 1.33 bits per heavy atom. The van der Waals surface area contributed by atoms with Crippen molar-refractivity contribution in [3.8, 4) is 0 Å². The molecule has 1 aromatic carbocycles. The highest BCUT2D eigenvalue weighted by Gasteiger charge is 2.25. The molecular formula is C16H24NO3S-. The van der Waals surface area contributed by atoms with Crippen molar-refractivity contribution in [1.82, 2.24) is 0 Å². The summed E-state index contributed by atoms with van der Waals surface area (Å²) in [7, 11) is -2.53. The van der Waals surface area contributed by atoms with Gasteiger partial charge in [0, 0.05) is 16.0 Å². The largest absolute Gasteiger partial charge is 0.827 e. The first kappa shape index (κ1) is 17.8. The van der Waals surface area contributed by atoms with Crippen LogP contribution < -0.4 is 10.4 Å². The monoisotopic (exact) mass is 310 g/mol. The van der Waals surface area contributed by atoms with E-state index in [2.05, 4.69) is 5.32 Å². The molecule has 2 N–H and O–H groups in total. The number of hydrogen-bond acceptors (Lipinski definition) is 3. The molecule has 0 radical (unpaired) electrons. The Morgan fingerprint density at radius 2 is 1.86 bits per heavy atom. The van der Waals surface area contributed by atoms with E-state index in [1.54, 1.807) is 38.1 Å². The highest BCUT2D eigenvalue weighted by Crippen LogP contribution is 2.33. The molecule has 0 spiro atoms. The predicted molar refractivity (Wildman–Crippen MR) is 90.0 cm³/mol. The molecule has 0 bridgehead atoms. The van der Waals surface area contributed by atoms with Crippen LogP contribution in [0.25, 0.3) is 0 Å². The Hall–Kier alpha value is -1.30. The molecule has 1 unspecified atom stereocenters. The summed E-state index contributed by atoms with van der Waals surface area (Å²) in [5.74, 6) is -0.0472. The first-order chi connectivity index (χ1) is 9.67. The summed E-state index contributed by atoms with van der Waals surface area (Å²) >= 11 is 0. The third-order valence-electron chi connectivity index (χ3n) is 3.73. The maximum atomic E-state index is 12.1. The Kier molecular flexibility index (Phi) is 5.61. The molecule has 0 saturated heterocycles. The summed E-state index contributed by atoms with van der Waals surface area (Å²) in [4.78, 5) is 13.4. The second kappa shape index (κ2) is 6.64. The van der Waals surface area contributed by atoms with Crippen LogP contribution in [0.2, 0.25) is 0 Å². The molecule has 0 aromatic heterocycles. The molecule has 21 heavy (non-hydrogen) atoms. The maximum absolute atomic E-state index is 12.1. The van der Waals surface area contributed by atoms with Crippen molar-refractivity contribution in [2.24, 2.45) is 5.41 Å². The van der Waals surface area contributed by atoms with Gasteiger partial charge in [0.15, 0.2) is 0 Å². The zero-order chi connectivity index (χ0) is 16.3. The van der Waals surface area contributed by atoms with Gasteiger partial charge in [0.05, 0.1) is 0 Å². The molecular weight excluding hydrogens is 286 g/mol. The first-order valence-corrected chi connectivity index (χ1v) is 8.55. The minimum Gasteiger partial charge on any atom is -0.827 e. The number of carbonyl (C=O) groups is 1. The zero-order valence-corrected chi connectivity index (χ0v) is 14.1. The Morgan fingerprint density at radius 3 is 2.24 bits per heavy atom. The van der Waals surface area contributed by atoms with E-state index >= 15 is 0 Å². The minimum absolute atomic E-state index is 0.0472. The Labute approximate surface area is 127 Å². The highest BCUT2D eigenvalue weighted by atomic mass is 32.2. The molecule has 0 saturated carbocycles. The van der Waals surface area contributed by atoms with Crippen LogP contribution in [0.1, 0.15) is 41.0 Å². The van der Waals surface area contributed by atoms with Crippen molar-refractivity contribution in [3.05, 3.63) is 24.3 Å². The molecule has 1 aromatic rings. The van der Waals surface area contributed by atoms with E-state index in [1.165, 1.54) is 0 Å². The normalized spacial score (nSPS) is 14.2. The van der Waals surface area contributed by atoms with E-state index in [-0.39, 0.29) is 5.91 Å².